The summed E-state index contributed by atoms with van der Waals surface area (Å²) in [7, 11) is 0. The number of hydrogen-bond acceptors (Lipinski definition) is 3. The van der Waals surface area contributed by atoms with E-state index in [2.05, 4.69) is 149 Å². The second-order valence-electron chi connectivity index (χ2n) is 12.6. The molecule has 0 bridgehead atoms. The Kier molecular flexibility index (Phi) is 7.23. The average Bonchev–Trinajstić information content (AvgIpc) is 3.44. The topological polar surface area (TPSA) is 29.0 Å². The van der Waals surface area contributed by atoms with Crippen LogP contribution in [-0.2, 0) is 0 Å². The summed E-state index contributed by atoms with van der Waals surface area (Å²) in [6, 6.07) is 40.6. The number of rotatable bonds is 6. The molecule has 8 rings (SSSR count). The van der Waals surface area contributed by atoms with Crippen LogP contribution in [0.1, 0.15) is 64.8 Å². The van der Waals surface area contributed by atoms with Gasteiger partial charge < -0.3 is 4.90 Å². The van der Waals surface area contributed by atoms with Crippen LogP contribution in [0.15, 0.2) is 158 Å². The van der Waals surface area contributed by atoms with Crippen molar-refractivity contribution in [2.45, 2.75) is 49.1 Å². The van der Waals surface area contributed by atoms with Gasteiger partial charge in [-0.15, -0.1) is 0 Å². The predicted octanol–water partition coefficient (Wildman–Crippen LogP) is 9.61. The van der Waals surface area contributed by atoms with E-state index in [1.54, 1.807) is 12.4 Å². The van der Waals surface area contributed by atoms with Crippen LogP contribution in [-0.4, -0.2) is 22.1 Å². The Morgan fingerprint density at radius 3 is 2.09 bits per heavy atom. The van der Waals surface area contributed by atoms with Crippen molar-refractivity contribution in [1.82, 2.24) is 9.97 Å². The number of aromatic nitrogens is 2. The number of hydrogen-bond donors (Lipinski definition) is 0. The summed E-state index contributed by atoms with van der Waals surface area (Å²) in [5, 5.41) is 0. The highest BCUT2D eigenvalue weighted by Gasteiger charge is 2.41. The highest BCUT2D eigenvalue weighted by Crippen LogP contribution is 2.48. The van der Waals surface area contributed by atoms with E-state index in [-0.39, 0.29) is 5.92 Å². The molecule has 4 unspecified atom stereocenters. The van der Waals surface area contributed by atoms with Crippen LogP contribution >= 0.6 is 0 Å². The molecule has 5 aromatic rings. The smallest absolute Gasteiger partial charge is 0.159 e. The largest absolute Gasteiger partial charge is 0.361 e. The fourth-order valence-electron chi connectivity index (χ4n) is 7.92. The minimum Gasteiger partial charge on any atom is -0.361 e. The van der Waals surface area contributed by atoms with E-state index in [4.69, 9.17) is 0 Å². The van der Waals surface area contributed by atoms with Gasteiger partial charge in [-0.2, -0.15) is 0 Å². The van der Waals surface area contributed by atoms with Gasteiger partial charge in [0.2, 0.25) is 0 Å². The van der Waals surface area contributed by atoms with Crippen molar-refractivity contribution in [2.75, 3.05) is 4.90 Å². The molecule has 1 aliphatic heterocycles. The van der Waals surface area contributed by atoms with Crippen LogP contribution in [0.25, 0.3) is 11.4 Å². The number of allylic oxidation sites excluding steroid dienone is 2. The van der Waals surface area contributed by atoms with Gasteiger partial charge >= 0.3 is 0 Å². The Morgan fingerprint density at radius 2 is 1.33 bits per heavy atom. The van der Waals surface area contributed by atoms with Gasteiger partial charge in [0, 0.05) is 47.4 Å². The molecule has 0 spiro atoms. The van der Waals surface area contributed by atoms with Gasteiger partial charge in [-0.05, 0) is 59.2 Å². The molecule has 1 saturated carbocycles. The third-order valence-corrected chi connectivity index (χ3v) is 10.0. The molecule has 5 atom stereocenters. The van der Waals surface area contributed by atoms with Crippen molar-refractivity contribution in [2.24, 2.45) is 0 Å². The van der Waals surface area contributed by atoms with E-state index < -0.39 is 0 Å². The average molecular weight is 584 g/mol. The van der Waals surface area contributed by atoms with Crippen LogP contribution in [0.3, 0.4) is 0 Å². The molecule has 3 nitrogen and oxygen atoms in total. The molecule has 1 fully saturated rings. The lowest BCUT2D eigenvalue weighted by atomic mass is 9.76. The summed E-state index contributed by atoms with van der Waals surface area (Å²) >= 11 is 0. The molecule has 4 aromatic carbocycles. The van der Waals surface area contributed by atoms with E-state index in [9.17, 15) is 0 Å². The number of anilines is 1. The van der Waals surface area contributed by atoms with Crippen molar-refractivity contribution < 1.29 is 0 Å². The van der Waals surface area contributed by atoms with Crippen molar-refractivity contribution in [1.29, 1.82) is 0 Å². The zero-order valence-corrected chi connectivity index (χ0v) is 25.4. The first kappa shape index (κ1) is 27.5. The van der Waals surface area contributed by atoms with Crippen molar-refractivity contribution in [3.05, 3.63) is 186 Å². The lowest BCUT2D eigenvalue weighted by Gasteiger charge is -2.41. The van der Waals surface area contributed by atoms with Crippen LogP contribution in [0.5, 0.6) is 0 Å². The summed E-state index contributed by atoms with van der Waals surface area (Å²) < 4.78 is 0. The molecule has 2 heterocycles. The molecule has 220 valence electrons. The van der Waals surface area contributed by atoms with Crippen LogP contribution in [0.2, 0.25) is 0 Å². The maximum Gasteiger partial charge on any atom is 0.159 e. The van der Waals surface area contributed by atoms with Crippen molar-refractivity contribution in [3.8, 4) is 11.4 Å². The van der Waals surface area contributed by atoms with E-state index in [1.165, 1.54) is 45.5 Å². The Bertz CT molecular complexity index is 1860. The van der Waals surface area contributed by atoms with Gasteiger partial charge in [-0.1, -0.05) is 134 Å². The lowest BCUT2D eigenvalue weighted by molar-refractivity contribution is 0.434. The van der Waals surface area contributed by atoms with Crippen LogP contribution < -0.4 is 4.90 Å². The van der Waals surface area contributed by atoms with E-state index in [0.717, 1.165) is 24.2 Å². The summed E-state index contributed by atoms with van der Waals surface area (Å²) in [6.07, 6.45) is 16.1. The third kappa shape index (κ3) is 5.13. The van der Waals surface area contributed by atoms with Gasteiger partial charge in [-0.3, -0.25) is 0 Å². The Hall–Kier alpha value is -5.02. The zero-order chi connectivity index (χ0) is 30.2. The van der Waals surface area contributed by atoms with Crippen LogP contribution in [0, 0.1) is 0 Å². The Balaban J connectivity index is 1.03. The summed E-state index contributed by atoms with van der Waals surface area (Å²) in [5.41, 5.74) is 10.5. The molecule has 45 heavy (non-hydrogen) atoms. The molecule has 0 amide bonds. The molecule has 0 radical (unpaired) electrons. The van der Waals surface area contributed by atoms with Gasteiger partial charge in [0.15, 0.2) is 5.82 Å². The second kappa shape index (κ2) is 11.8. The molecule has 2 aliphatic carbocycles. The molecule has 0 N–H and O–H groups in total. The molecular weight excluding hydrogens is 546 g/mol. The Morgan fingerprint density at radius 1 is 0.667 bits per heavy atom. The first-order valence-electron chi connectivity index (χ1n) is 16.2. The van der Waals surface area contributed by atoms with Crippen molar-refractivity contribution >= 4 is 5.69 Å². The molecule has 3 heteroatoms. The van der Waals surface area contributed by atoms with Gasteiger partial charge in [0.25, 0.3) is 0 Å². The first-order valence-corrected chi connectivity index (χ1v) is 16.2. The summed E-state index contributed by atoms with van der Waals surface area (Å²) in [5.74, 6) is 1.74. The third-order valence-electron chi connectivity index (χ3n) is 10.0. The van der Waals surface area contributed by atoms with Gasteiger partial charge in [0.05, 0.1) is 6.04 Å². The number of nitrogens with zero attached hydrogens (tertiary/aromatic N) is 3. The van der Waals surface area contributed by atoms with Crippen molar-refractivity contribution in [3.63, 3.8) is 0 Å². The standard InChI is InChI=1S/C42H37N3/c1-29-28-35(45-39-14-7-5-12-37(39)38-13-6-8-15-40(38)45)24-25-36(29)30-16-18-32(19-17-30)41(31-10-3-2-4-11-31)33-20-22-34(23-21-33)42-43-26-9-27-44-42/h2-23,26-27,35-37,39,41H,1,24-25,28H2/t35?,36?,37?,39?,41-/m1/s1. The predicted molar refractivity (Wildman–Crippen MR) is 185 cm³/mol. The van der Waals surface area contributed by atoms with E-state index in [1.807, 2.05) is 6.07 Å². The SMILES string of the molecule is C=C1CC(N2c3ccccc3C3C=CC=CC32)CCC1c1ccc([C@@H](c2ccccc2)c2ccc(-c3ncccn3)cc2)cc1. The molecule has 0 saturated heterocycles. The number of fused-ring (bicyclic) bond motifs is 3. The minimum atomic E-state index is 0.144. The molecule has 1 aromatic heterocycles. The highest BCUT2D eigenvalue weighted by atomic mass is 15.2. The maximum atomic E-state index is 4.67. The lowest BCUT2D eigenvalue weighted by Crippen LogP contribution is -2.43. The summed E-state index contributed by atoms with van der Waals surface area (Å²) in [4.78, 5) is 11.6. The maximum absolute atomic E-state index is 4.67. The summed E-state index contributed by atoms with van der Waals surface area (Å²) in [6.45, 7) is 4.67. The Labute approximate surface area is 266 Å². The van der Waals surface area contributed by atoms with E-state index in [0.29, 0.717) is 23.9 Å². The van der Waals surface area contributed by atoms with Gasteiger partial charge in [-0.25, -0.2) is 9.97 Å². The van der Waals surface area contributed by atoms with Gasteiger partial charge in [0.1, 0.15) is 0 Å². The normalized spacial score (nSPS) is 22.6. The number of para-hydroxylation sites is 1. The fraction of sp³-hybridized carbons (Fsp3) is 0.190. The molecular formula is C42H37N3. The second-order valence-corrected chi connectivity index (χ2v) is 12.6. The van der Waals surface area contributed by atoms with E-state index >= 15 is 0 Å². The van der Waals surface area contributed by atoms with Crippen LogP contribution in [0.4, 0.5) is 5.69 Å². The number of benzene rings is 4. The molecule has 3 aliphatic rings. The fourth-order valence-corrected chi connectivity index (χ4v) is 7.92. The monoisotopic (exact) mass is 583 g/mol. The zero-order valence-electron chi connectivity index (χ0n) is 25.4. The highest BCUT2D eigenvalue weighted by molar-refractivity contribution is 5.66. The minimum absolute atomic E-state index is 0.144. The quantitative estimate of drug-likeness (QED) is 0.147. The first-order chi connectivity index (χ1) is 22.2.